The van der Waals surface area contributed by atoms with Crippen LogP contribution in [0.5, 0.6) is 0 Å². The maximum Gasteiger partial charge on any atom is 0.433 e. The number of carbonyl (C=O) groups is 1. The van der Waals surface area contributed by atoms with Crippen molar-refractivity contribution in [2.75, 3.05) is 0 Å². The number of halogens is 3. The van der Waals surface area contributed by atoms with E-state index in [1.807, 2.05) is 0 Å². The largest absolute Gasteiger partial charge is 0.433 e. The fourth-order valence-electron chi connectivity index (χ4n) is 1.47. The molecular weight excluding hydrogens is 275 g/mol. The zero-order valence-electron chi connectivity index (χ0n) is 10.3. The molecule has 2 aromatic rings. The molecule has 0 aliphatic rings. The number of amides is 1. The van der Waals surface area contributed by atoms with Crippen LogP contribution in [-0.4, -0.2) is 26.1 Å². The number of aromatic nitrogens is 4. The van der Waals surface area contributed by atoms with Crippen LogP contribution in [0, 0.1) is 0 Å². The van der Waals surface area contributed by atoms with Crippen molar-refractivity contribution in [3.63, 3.8) is 0 Å². The first kappa shape index (κ1) is 14.0. The molecule has 0 aliphatic heterocycles. The standard InChI is InChI=1S/C11H10F3N5O/c1-6(9-16-5-17-19-9)18-10(20)7-2-3-8(15-4-7)11(12,13)14/h2-6H,1H3,(H,18,20)(H,16,17,19). The molecule has 6 nitrogen and oxygen atoms in total. The molecule has 2 heterocycles. The second-order valence-corrected chi connectivity index (χ2v) is 4.00. The number of rotatable bonds is 3. The number of pyridine rings is 1. The molecule has 0 aromatic carbocycles. The average Bonchev–Trinajstić information content (AvgIpc) is 2.91. The minimum absolute atomic E-state index is 0.0318. The van der Waals surface area contributed by atoms with Gasteiger partial charge in [0.2, 0.25) is 0 Å². The molecule has 2 aromatic heterocycles. The quantitative estimate of drug-likeness (QED) is 0.899. The lowest BCUT2D eigenvalue weighted by Gasteiger charge is -2.11. The third-order valence-corrected chi connectivity index (χ3v) is 2.51. The number of nitrogens with one attached hydrogen (secondary N) is 2. The van der Waals surface area contributed by atoms with Gasteiger partial charge < -0.3 is 5.32 Å². The Morgan fingerprint density at radius 2 is 2.10 bits per heavy atom. The molecule has 1 atom stereocenters. The Bertz CT molecular complexity index is 579. The van der Waals surface area contributed by atoms with Gasteiger partial charge in [0, 0.05) is 6.20 Å². The van der Waals surface area contributed by atoms with Gasteiger partial charge in [0.05, 0.1) is 11.6 Å². The molecule has 0 spiro atoms. The summed E-state index contributed by atoms with van der Waals surface area (Å²) in [6.07, 6.45) is -2.36. The minimum atomic E-state index is -4.53. The molecule has 0 bridgehead atoms. The van der Waals surface area contributed by atoms with Gasteiger partial charge >= 0.3 is 6.18 Å². The Morgan fingerprint density at radius 1 is 1.35 bits per heavy atom. The molecule has 20 heavy (non-hydrogen) atoms. The molecule has 0 aliphatic carbocycles. The third-order valence-electron chi connectivity index (χ3n) is 2.51. The summed E-state index contributed by atoms with van der Waals surface area (Å²) < 4.78 is 37.0. The van der Waals surface area contributed by atoms with Crippen molar-refractivity contribution in [1.82, 2.24) is 25.5 Å². The highest BCUT2D eigenvalue weighted by molar-refractivity contribution is 5.94. The Kier molecular flexibility index (Phi) is 3.68. The van der Waals surface area contributed by atoms with Crippen molar-refractivity contribution < 1.29 is 18.0 Å². The van der Waals surface area contributed by atoms with E-state index in [4.69, 9.17) is 0 Å². The number of H-pyrrole nitrogens is 1. The van der Waals surface area contributed by atoms with Crippen LogP contribution in [0.25, 0.3) is 0 Å². The first-order valence-corrected chi connectivity index (χ1v) is 5.57. The second-order valence-electron chi connectivity index (χ2n) is 4.00. The zero-order valence-corrected chi connectivity index (χ0v) is 10.3. The number of aromatic amines is 1. The van der Waals surface area contributed by atoms with E-state index in [0.717, 1.165) is 18.3 Å². The van der Waals surface area contributed by atoms with Gasteiger partial charge in [0.25, 0.3) is 5.91 Å². The van der Waals surface area contributed by atoms with Gasteiger partial charge in [-0.05, 0) is 19.1 Å². The number of alkyl halides is 3. The Labute approximate surface area is 111 Å². The first-order valence-electron chi connectivity index (χ1n) is 5.57. The highest BCUT2D eigenvalue weighted by atomic mass is 19.4. The van der Waals surface area contributed by atoms with Crippen LogP contribution in [0.4, 0.5) is 13.2 Å². The van der Waals surface area contributed by atoms with Crippen LogP contribution in [0.3, 0.4) is 0 Å². The lowest BCUT2D eigenvalue weighted by Crippen LogP contribution is -2.27. The minimum Gasteiger partial charge on any atom is -0.342 e. The lowest BCUT2D eigenvalue weighted by atomic mass is 10.2. The molecule has 1 amide bonds. The van der Waals surface area contributed by atoms with Crippen molar-refractivity contribution in [2.24, 2.45) is 0 Å². The SMILES string of the molecule is CC(NC(=O)c1ccc(C(F)(F)F)nc1)c1ncn[nH]1. The first-order chi connectivity index (χ1) is 9.38. The number of hydrogen-bond acceptors (Lipinski definition) is 4. The van der Waals surface area contributed by atoms with E-state index in [9.17, 15) is 18.0 Å². The van der Waals surface area contributed by atoms with Gasteiger partial charge in [-0.25, -0.2) is 4.98 Å². The Hall–Kier alpha value is -2.45. The number of hydrogen-bond donors (Lipinski definition) is 2. The molecule has 0 fully saturated rings. The van der Waals surface area contributed by atoms with Gasteiger partial charge in [0.15, 0.2) is 0 Å². The monoisotopic (exact) mass is 285 g/mol. The molecule has 106 valence electrons. The summed E-state index contributed by atoms with van der Waals surface area (Å²) in [5, 5.41) is 8.78. The van der Waals surface area contributed by atoms with E-state index in [1.54, 1.807) is 6.92 Å². The summed E-state index contributed by atoms with van der Waals surface area (Å²) in [5.74, 6) is -0.103. The highest BCUT2D eigenvalue weighted by Crippen LogP contribution is 2.27. The molecule has 0 saturated heterocycles. The maximum atomic E-state index is 12.3. The molecule has 0 radical (unpaired) electrons. The molecular formula is C11H10F3N5O. The molecule has 0 saturated carbocycles. The van der Waals surface area contributed by atoms with E-state index >= 15 is 0 Å². The van der Waals surface area contributed by atoms with Crippen LogP contribution in [0.2, 0.25) is 0 Å². The van der Waals surface area contributed by atoms with E-state index in [-0.39, 0.29) is 5.56 Å². The van der Waals surface area contributed by atoms with Crippen molar-refractivity contribution in [3.05, 3.63) is 41.7 Å². The summed E-state index contributed by atoms with van der Waals surface area (Å²) in [6.45, 7) is 1.66. The average molecular weight is 285 g/mol. The Balaban J connectivity index is 2.06. The third kappa shape index (κ3) is 3.11. The molecule has 1 unspecified atom stereocenters. The smallest absolute Gasteiger partial charge is 0.342 e. The predicted molar refractivity (Wildman–Crippen MR) is 61.5 cm³/mol. The van der Waals surface area contributed by atoms with Crippen molar-refractivity contribution in [3.8, 4) is 0 Å². The van der Waals surface area contributed by atoms with Gasteiger partial charge in [-0.1, -0.05) is 0 Å². The van der Waals surface area contributed by atoms with Crippen LogP contribution in [0.1, 0.15) is 34.8 Å². The molecule has 2 rings (SSSR count). The van der Waals surface area contributed by atoms with E-state index in [2.05, 4.69) is 25.5 Å². The normalized spacial score (nSPS) is 13.0. The fourth-order valence-corrected chi connectivity index (χ4v) is 1.47. The van der Waals surface area contributed by atoms with E-state index < -0.39 is 23.8 Å². The van der Waals surface area contributed by atoms with Gasteiger partial charge in [-0.3, -0.25) is 14.9 Å². The predicted octanol–water partition coefficient (Wildman–Crippen LogP) is 1.71. The topological polar surface area (TPSA) is 83.6 Å². The second kappa shape index (κ2) is 5.27. The number of nitrogens with zero attached hydrogens (tertiary/aromatic N) is 3. The summed E-state index contributed by atoms with van der Waals surface area (Å²) in [5.41, 5.74) is -1.01. The molecule has 2 N–H and O–H groups in total. The van der Waals surface area contributed by atoms with Crippen molar-refractivity contribution >= 4 is 5.91 Å². The summed E-state index contributed by atoms with van der Waals surface area (Å²) >= 11 is 0. The van der Waals surface area contributed by atoms with Crippen LogP contribution < -0.4 is 5.32 Å². The van der Waals surface area contributed by atoms with Gasteiger partial charge in [-0.2, -0.15) is 18.3 Å². The molecule has 9 heteroatoms. The summed E-state index contributed by atoms with van der Waals surface area (Å²) in [7, 11) is 0. The lowest BCUT2D eigenvalue weighted by molar-refractivity contribution is -0.141. The van der Waals surface area contributed by atoms with Crippen molar-refractivity contribution in [2.45, 2.75) is 19.1 Å². The fraction of sp³-hybridized carbons (Fsp3) is 0.273. The van der Waals surface area contributed by atoms with Crippen LogP contribution >= 0.6 is 0 Å². The van der Waals surface area contributed by atoms with Gasteiger partial charge in [-0.15, -0.1) is 0 Å². The van der Waals surface area contributed by atoms with Crippen LogP contribution in [-0.2, 0) is 6.18 Å². The van der Waals surface area contributed by atoms with Crippen LogP contribution in [0.15, 0.2) is 24.7 Å². The van der Waals surface area contributed by atoms with E-state index in [1.165, 1.54) is 6.33 Å². The summed E-state index contributed by atoms with van der Waals surface area (Å²) in [4.78, 5) is 18.9. The van der Waals surface area contributed by atoms with Gasteiger partial charge in [0.1, 0.15) is 17.8 Å². The number of carbonyl (C=O) groups excluding carboxylic acids is 1. The van der Waals surface area contributed by atoms with Crippen molar-refractivity contribution in [1.29, 1.82) is 0 Å². The van der Waals surface area contributed by atoms with E-state index in [0.29, 0.717) is 5.82 Å². The Morgan fingerprint density at radius 3 is 2.60 bits per heavy atom. The zero-order chi connectivity index (χ0) is 14.8. The maximum absolute atomic E-state index is 12.3. The summed E-state index contributed by atoms with van der Waals surface area (Å²) in [6, 6.07) is 1.37. The highest BCUT2D eigenvalue weighted by Gasteiger charge is 2.32.